The number of aromatic nitrogens is 1. The predicted molar refractivity (Wildman–Crippen MR) is 80.4 cm³/mol. The second-order valence-electron chi connectivity index (χ2n) is 5.15. The summed E-state index contributed by atoms with van der Waals surface area (Å²) < 4.78 is 5.77. The average molecular weight is 289 g/mol. The number of nitrogens with one attached hydrogen (secondary N) is 1. The molecule has 0 amide bonds. The number of halogens is 1. The Morgan fingerprint density at radius 2 is 2.15 bits per heavy atom. The van der Waals surface area contributed by atoms with Gasteiger partial charge in [0.05, 0.1) is 0 Å². The molecule has 3 rings (SSSR count). The first-order valence-corrected chi connectivity index (χ1v) is 7.21. The monoisotopic (exact) mass is 288 g/mol. The average Bonchev–Trinajstić information content (AvgIpc) is 3.26. The Morgan fingerprint density at radius 3 is 2.85 bits per heavy atom. The summed E-state index contributed by atoms with van der Waals surface area (Å²) in [5.41, 5.74) is 2.14. The molecule has 0 aliphatic heterocycles. The topological polar surface area (TPSA) is 34.1 Å². The molecule has 0 bridgehead atoms. The van der Waals surface area contributed by atoms with Crippen molar-refractivity contribution >= 4 is 11.6 Å². The number of nitrogens with zero attached hydrogens (tertiary/aromatic N) is 1. The van der Waals surface area contributed by atoms with E-state index in [1.54, 1.807) is 0 Å². The van der Waals surface area contributed by atoms with E-state index in [1.807, 2.05) is 43.5 Å². The van der Waals surface area contributed by atoms with Crippen LogP contribution in [-0.4, -0.2) is 11.0 Å². The molecule has 0 radical (unpaired) electrons. The highest BCUT2D eigenvalue weighted by Crippen LogP contribution is 2.29. The Bertz CT molecular complexity index is 611. The largest absolute Gasteiger partial charge is 0.437 e. The van der Waals surface area contributed by atoms with Crippen LogP contribution in [-0.2, 0) is 6.54 Å². The molecule has 1 aromatic heterocycles. The summed E-state index contributed by atoms with van der Waals surface area (Å²) in [4.78, 5) is 4.32. The minimum atomic E-state index is 0.455. The summed E-state index contributed by atoms with van der Waals surface area (Å²) >= 11 is 6.25. The van der Waals surface area contributed by atoms with E-state index in [4.69, 9.17) is 16.3 Å². The van der Waals surface area contributed by atoms with E-state index in [-0.39, 0.29) is 0 Å². The number of pyridine rings is 1. The lowest BCUT2D eigenvalue weighted by molar-refractivity contribution is 0.459. The van der Waals surface area contributed by atoms with Crippen molar-refractivity contribution in [3.8, 4) is 11.6 Å². The van der Waals surface area contributed by atoms with Crippen LogP contribution < -0.4 is 10.1 Å². The van der Waals surface area contributed by atoms with Crippen LogP contribution in [0.15, 0.2) is 36.5 Å². The summed E-state index contributed by atoms with van der Waals surface area (Å²) in [5, 5.41) is 3.98. The third-order valence-electron chi connectivity index (χ3n) is 3.34. The Hall–Kier alpha value is -1.58. The smallest absolute Gasteiger partial charge is 0.238 e. The molecule has 1 aromatic carbocycles. The lowest BCUT2D eigenvalue weighted by Gasteiger charge is -2.10. The fourth-order valence-electron chi connectivity index (χ4n) is 1.96. The van der Waals surface area contributed by atoms with Crippen LogP contribution in [0.1, 0.15) is 24.0 Å². The number of ether oxygens (including phenoxy) is 1. The van der Waals surface area contributed by atoms with E-state index in [2.05, 4.69) is 10.3 Å². The van der Waals surface area contributed by atoms with E-state index in [0.29, 0.717) is 16.9 Å². The van der Waals surface area contributed by atoms with Gasteiger partial charge in [-0.25, -0.2) is 4.98 Å². The Morgan fingerprint density at radius 1 is 1.35 bits per heavy atom. The van der Waals surface area contributed by atoms with Crippen molar-refractivity contribution < 1.29 is 4.74 Å². The normalized spacial score (nSPS) is 14.3. The predicted octanol–water partition coefficient (Wildman–Crippen LogP) is 4.09. The summed E-state index contributed by atoms with van der Waals surface area (Å²) in [6, 6.07) is 10.4. The molecule has 0 unspecified atom stereocenters. The van der Waals surface area contributed by atoms with E-state index < -0.39 is 0 Å². The van der Waals surface area contributed by atoms with Crippen LogP contribution in [0.5, 0.6) is 11.6 Å². The van der Waals surface area contributed by atoms with Gasteiger partial charge in [-0.2, -0.15) is 0 Å². The van der Waals surface area contributed by atoms with Gasteiger partial charge in [-0.3, -0.25) is 0 Å². The van der Waals surface area contributed by atoms with Crippen molar-refractivity contribution in [1.29, 1.82) is 0 Å². The first-order valence-electron chi connectivity index (χ1n) is 6.83. The van der Waals surface area contributed by atoms with Gasteiger partial charge in [0.2, 0.25) is 5.88 Å². The van der Waals surface area contributed by atoms with E-state index in [1.165, 1.54) is 12.8 Å². The van der Waals surface area contributed by atoms with Gasteiger partial charge >= 0.3 is 0 Å². The van der Waals surface area contributed by atoms with Crippen LogP contribution in [0, 0.1) is 6.92 Å². The number of hydrogen-bond donors (Lipinski definition) is 1. The minimum absolute atomic E-state index is 0.455. The van der Waals surface area contributed by atoms with Crippen LogP contribution in [0.4, 0.5) is 0 Å². The van der Waals surface area contributed by atoms with E-state index in [9.17, 15) is 0 Å². The Kier molecular flexibility index (Phi) is 3.90. The zero-order valence-electron chi connectivity index (χ0n) is 11.4. The maximum atomic E-state index is 6.25. The molecule has 2 aromatic rings. The fourth-order valence-corrected chi connectivity index (χ4v) is 2.19. The first-order chi connectivity index (χ1) is 9.72. The highest BCUT2D eigenvalue weighted by Gasteiger charge is 2.20. The standard InChI is InChI=1S/C16H17ClN2O/c1-11-4-2-3-5-15(11)20-16-14(17)8-12(10-19-16)9-18-13-6-7-13/h2-5,8,10,13,18H,6-7,9H2,1H3. The molecule has 4 heteroatoms. The van der Waals surface area contributed by atoms with Crippen molar-refractivity contribution in [1.82, 2.24) is 10.3 Å². The fraction of sp³-hybridized carbons (Fsp3) is 0.312. The van der Waals surface area contributed by atoms with Crippen molar-refractivity contribution in [2.75, 3.05) is 0 Å². The lowest BCUT2D eigenvalue weighted by Crippen LogP contribution is -2.15. The number of para-hydroxylation sites is 1. The van der Waals surface area contributed by atoms with Gasteiger partial charge in [0, 0.05) is 18.8 Å². The highest BCUT2D eigenvalue weighted by atomic mass is 35.5. The van der Waals surface area contributed by atoms with Crippen molar-refractivity contribution in [2.24, 2.45) is 0 Å². The highest BCUT2D eigenvalue weighted by molar-refractivity contribution is 6.31. The molecule has 0 saturated heterocycles. The molecule has 0 spiro atoms. The van der Waals surface area contributed by atoms with Crippen molar-refractivity contribution in [3.63, 3.8) is 0 Å². The molecule has 104 valence electrons. The molecule has 1 aliphatic carbocycles. The number of aryl methyl sites for hydroxylation is 1. The molecule has 0 atom stereocenters. The quantitative estimate of drug-likeness (QED) is 0.900. The molecule has 1 fully saturated rings. The van der Waals surface area contributed by atoms with E-state index >= 15 is 0 Å². The zero-order chi connectivity index (χ0) is 13.9. The molecular weight excluding hydrogens is 272 g/mol. The van der Waals surface area contributed by atoms with Crippen molar-refractivity contribution in [3.05, 3.63) is 52.7 Å². The summed E-state index contributed by atoms with van der Waals surface area (Å²) in [7, 11) is 0. The molecule has 20 heavy (non-hydrogen) atoms. The van der Waals surface area contributed by atoms with Crippen LogP contribution >= 0.6 is 11.6 Å². The number of benzene rings is 1. The third kappa shape index (κ3) is 3.30. The van der Waals surface area contributed by atoms with Crippen LogP contribution in [0.2, 0.25) is 5.02 Å². The minimum Gasteiger partial charge on any atom is -0.437 e. The molecule has 1 heterocycles. The molecule has 3 nitrogen and oxygen atoms in total. The molecular formula is C16H17ClN2O. The maximum absolute atomic E-state index is 6.25. The zero-order valence-corrected chi connectivity index (χ0v) is 12.2. The van der Waals surface area contributed by atoms with Gasteiger partial charge in [0.15, 0.2) is 0 Å². The molecule has 1 saturated carbocycles. The Labute approximate surface area is 123 Å². The third-order valence-corrected chi connectivity index (χ3v) is 3.61. The lowest BCUT2D eigenvalue weighted by atomic mass is 10.2. The van der Waals surface area contributed by atoms with Crippen molar-refractivity contribution in [2.45, 2.75) is 32.4 Å². The van der Waals surface area contributed by atoms with Crippen LogP contribution in [0.3, 0.4) is 0 Å². The van der Waals surface area contributed by atoms with Gasteiger partial charge in [-0.15, -0.1) is 0 Å². The SMILES string of the molecule is Cc1ccccc1Oc1ncc(CNC2CC2)cc1Cl. The number of rotatable bonds is 5. The second kappa shape index (κ2) is 5.81. The van der Waals surface area contributed by atoms with Gasteiger partial charge < -0.3 is 10.1 Å². The van der Waals surface area contributed by atoms with Gasteiger partial charge in [-0.1, -0.05) is 29.8 Å². The Balaban J connectivity index is 1.71. The van der Waals surface area contributed by atoms with E-state index in [0.717, 1.165) is 23.4 Å². The van der Waals surface area contributed by atoms with Crippen LogP contribution in [0.25, 0.3) is 0 Å². The second-order valence-corrected chi connectivity index (χ2v) is 5.56. The van der Waals surface area contributed by atoms with Gasteiger partial charge in [0.25, 0.3) is 0 Å². The van der Waals surface area contributed by atoms with Gasteiger partial charge in [0.1, 0.15) is 10.8 Å². The maximum Gasteiger partial charge on any atom is 0.238 e. The molecule has 1 N–H and O–H groups in total. The summed E-state index contributed by atoms with van der Waals surface area (Å²) in [5.74, 6) is 1.24. The molecule has 1 aliphatic rings. The van der Waals surface area contributed by atoms with Gasteiger partial charge in [-0.05, 0) is 43.0 Å². The summed E-state index contributed by atoms with van der Waals surface area (Å²) in [6.07, 6.45) is 4.36. The number of hydrogen-bond acceptors (Lipinski definition) is 3. The summed E-state index contributed by atoms with van der Waals surface area (Å²) in [6.45, 7) is 2.80. The first kappa shape index (κ1) is 13.4.